The Morgan fingerprint density at radius 2 is 1.42 bits per heavy atom. The third-order valence-corrected chi connectivity index (χ3v) is 10.8. The Bertz CT molecular complexity index is 2510. The lowest BCUT2D eigenvalue weighted by Gasteiger charge is -2.36. The first-order valence-electron chi connectivity index (χ1n) is 20.3. The van der Waals surface area contributed by atoms with E-state index >= 15 is 0 Å². The molecule has 11 nitrogen and oxygen atoms in total. The second-order valence-electron chi connectivity index (χ2n) is 15.1. The lowest BCUT2D eigenvalue weighted by molar-refractivity contribution is -0.141. The second-order valence-corrected chi connectivity index (χ2v) is 15.1. The molecular formula is C49H50N8O3. The smallest absolute Gasteiger partial charge is 0.307 e. The number of methoxy groups -OCH3 is 1. The van der Waals surface area contributed by atoms with Crippen LogP contribution < -0.4 is 5.56 Å². The van der Waals surface area contributed by atoms with Gasteiger partial charge in [0.1, 0.15) is 5.54 Å². The fraction of sp³-hybridized carbons (Fsp3) is 0.245. The van der Waals surface area contributed by atoms with Gasteiger partial charge in [-0.2, -0.15) is 4.98 Å². The lowest BCUT2D eigenvalue weighted by atomic mass is 9.76. The van der Waals surface area contributed by atoms with Gasteiger partial charge in [0.2, 0.25) is 5.95 Å². The summed E-state index contributed by atoms with van der Waals surface area (Å²) >= 11 is 0. The molecule has 0 saturated heterocycles. The fourth-order valence-electron chi connectivity index (χ4n) is 7.98. The first-order valence-corrected chi connectivity index (χ1v) is 20.3. The van der Waals surface area contributed by atoms with Crippen LogP contribution in [0.5, 0.6) is 0 Å². The van der Waals surface area contributed by atoms with E-state index in [0.29, 0.717) is 17.8 Å². The van der Waals surface area contributed by atoms with E-state index in [1.54, 1.807) is 11.2 Å². The molecule has 0 aliphatic carbocycles. The maximum atomic E-state index is 14.2. The van der Waals surface area contributed by atoms with E-state index in [1.165, 1.54) is 7.11 Å². The average molecular weight is 799 g/mol. The number of tetrazole rings is 1. The van der Waals surface area contributed by atoms with Crippen LogP contribution in [-0.2, 0) is 27.9 Å². The van der Waals surface area contributed by atoms with Crippen molar-refractivity contribution in [2.75, 3.05) is 21.2 Å². The minimum Gasteiger partial charge on any atom is -0.469 e. The van der Waals surface area contributed by atoms with Gasteiger partial charge in [-0.1, -0.05) is 147 Å². The zero-order valence-electron chi connectivity index (χ0n) is 34.8. The predicted octanol–water partition coefficient (Wildman–Crippen LogP) is 8.68. The van der Waals surface area contributed by atoms with Gasteiger partial charge in [0.15, 0.2) is 5.82 Å². The molecule has 2 heterocycles. The SMILES string of the molecule is CCCCc1c(Cc2ccc(-c3ccccc3)c(-c3nnnn3C(c3ccccc3)(c3ccccc3)c3ccccc3)c2)c(=O)nc(N=CN(C)C)n1C(C)CC(=O)OC. The van der Waals surface area contributed by atoms with E-state index in [-0.39, 0.29) is 36.4 Å². The topological polar surface area (TPSA) is 120 Å². The molecule has 0 spiro atoms. The molecule has 11 heteroatoms. The van der Waals surface area contributed by atoms with E-state index < -0.39 is 5.54 Å². The van der Waals surface area contributed by atoms with Gasteiger partial charge in [-0.05, 0) is 69.6 Å². The van der Waals surface area contributed by atoms with Crippen LogP contribution in [0.25, 0.3) is 22.5 Å². The first-order chi connectivity index (χ1) is 29.3. The van der Waals surface area contributed by atoms with Gasteiger partial charge in [0, 0.05) is 43.4 Å². The van der Waals surface area contributed by atoms with E-state index in [2.05, 4.69) is 88.8 Å². The molecule has 7 aromatic rings. The Kier molecular flexibility index (Phi) is 12.8. The monoisotopic (exact) mass is 798 g/mol. The Hall–Kier alpha value is -7.01. The molecule has 0 aliphatic heterocycles. The molecule has 0 radical (unpaired) electrons. The van der Waals surface area contributed by atoms with Crippen LogP contribution >= 0.6 is 0 Å². The molecule has 2 aromatic heterocycles. The maximum absolute atomic E-state index is 14.2. The number of rotatable bonds is 16. The molecule has 1 atom stereocenters. The van der Waals surface area contributed by atoms with Crippen LogP contribution in [0.15, 0.2) is 149 Å². The number of unbranched alkanes of at least 4 members (excludes halogenated alkanes) is 1. The third-order valence-electron chi connectivity index (χ3n) is 10.8. The number of hydrogen-bond acceptors (Lipinski definition) is 8. The summed E-state index contributed by atoms with van der Waals surface area (Å²) in [6.07, 6.45) is 4.31. The number of benzene rings is 5. The quantitative estimate of drug-likeness (QED) is 0.0412. The summed E-state index contributed by atoms with van der Waals surface area (Å²) in [6.45, 7) is 4.05. The van der Waals surface area contributed by atoms with Crippen LogP contribution in [0, 0.1) is 0 Å². The summed E-state index contributed by atoms with van der Waals surface area (Å²) in [5.74, 6) is 0.440. The molecule has 304 valence electrons. The first kappa shape index (κ1) is 41.2. The highest BCUT2D eigenvalue weighted by Gasteiger charge is 2.42. The number of hydrogen-bond donors (Lipinski definition) is 0. The van der Waals surface area contributed by atoms with Gasteiger partial charge in [-0.15, -0.1) is 5.10 Å². The second kappa shape index (κ2) is 18.7. The van der Waals surface area contributed by atoms with Crippen molar-refractivity contribution in [1.29, 1.82) is 0 Å². The van der Waals surface area contributed by atoms with Crippen molar-refractivity contribution in [3.63, 3.8) is 0 Å². The van der Waals surface area contributed by atoms with Gasteiger partial charge in [-0.3, -0.25) is 9.59 Å². The molecule has 1 unspecified atom stereocenters. The zero-order chi connectivity index (χ0) is 42.1. The van der Waals surface area contributed by atoms with E-state index in [4.69, 9.17) is 15.0 Å². The fourth-order valence-corrected chi connectivity index (χ4v) is 7.98. The van der Waals surface area contributed by atoms with E-state index in [9.17, 15) is 9.59 Å². The molecule has 0 bridgehead atoms. The number of carbonyl (C=O) groups is 1. The molecule has 0 fully saturated rings. The summed E-state index contributed by atoms with van der Waals surface area (Å²) < 4.78 is 8.94. The number of aromatic nitrogens is 6. The summed E-state index contributed by atoms with van der Waals surface area (Å²) in [7, 11) is 5.09. The third kappa shape index (κ3) is 8.42. The van der Waals surface area contributed by atoms with Crippen molar-refractivity contribution >= 4 is 18.3 Å². The van der Waals surface area contributed by atoms with Crippen LogP contribution in [-0.4, -0.2) is 68.2 Å². The molecule has 5 aromatic carbocycles. The Balaban J connectivity index is 1.47. The van der Waals surface area contributed by atoms with Gasteiger partial charge >= 0.3 is 5.97 Å². The van der Waals surface area contributed by atoms with Crippen molar-refractivity contribution < 1.29 is 9.53 Å². The van der Waals surface area contributed by atoms with E-state index in [0.717, 1.165) is 57.5 Å². The highest BCUT2D eigenvalue weighted by atomic mass is 16.5. The van der Waals surface area contributed by atoms with Crippen molar-refractivity contribution in [1.82, 2.24) is 34.7 Å². The van der Waals surface area contributed by atoms with Crippen molar-refractivity contribution in [3.8, 4) is 22.5 Å². The van der Waals surface area contributed by atoms with Crippen molar-refractivity contribution in [3.05, 3.63) is 183 Å². The highest BCUT2D eigenvalue weighted by Crippen LogP contribution is 2.43. The predicted molar refractivity (Wildman–Crippen MR) is 236 cm³/mol. The van der Waals surface area contributed by atoms with Crippen LogP contribution in [0.1, 0.15) is 72.7 Å². The minimum absolute atomic E-state index is 0.0919. The minimum atomic E-state index is -0.976. The molecular weight excluding hydrogens is 749 g/mol. The van der Waals surface area contributed by atoms with Crippen molar-refractivity contribution in [2.24, 2.45) is 4.99 Å². The molecule has 0 aliphatic rings. The van der Waals surface area contributed by atoms with Gasteiger partial charge in [0.05, 0.1) is 19.9 Å². The van der Waals surface area contributed by atoms with Gasteiger partial charge < -0.3 is 14.2 Å². The summed E-state index contributed by atoms with van der Waals surface area (Å²) in [5, 5.41) is 14.1. The van der Waals surface area contributed by atoms with Gasteiger partial charge in [-0.25, -0.2) is 9.67 Å². The summed E-state index contributed by atoms with van der Waals surface area (Å²) in [6, 6.07) is 47.0. The maximum Gasteiger partial charge on any atom is 0.307 e. The van der Waals surface area contributed by atoms with Crippen LogP contribution in [0.2, 0.25) is 0 Å². The molecule has 60 heavy (non-hydrogen) atoms. The van der Waals surface area contributed by atoms with Crippen molar-refractivity contribution in [2.45, 2.75) is 57.5 Å². The van der Waals surface area contributed by atoms with Crippen LogP contribution in [0.4, 0.5) is 5.95 Å². The summed E-state index contributed by atoms with van der Waals surface area (Å²) in [4.78, 5) is 37.8. The van der Waals surface area contributed by atoms with Crippen LogP contribution in [0.3, 0.4) is 0 Å². The molecule has 0 saturated carbocycles. The average Bonchev–Trinajstić information content (AvgIpc) is 3.77. The highest BCUT2D eigenvalue weighted by molar-refractivity contribution is 5.81. The Labute approximate surface area is 351 Å². The largest absolute Gasteiger partial charge is 0.469 e. The Morgan fingerprint density at radius 3 is 1.97 bits per heavy atom. The number of ether oxygens (including phenoxy) is 1. The molecule has 0 N–H and O–H groups in total. The number of esters is 1. The number of aliphatic imine (C=N–C) groups is 1. The van der Waals surface area contributed by atoms with E-state index in [1.807, 2.05) is 103 Å². The standard InChI is InChI=1S/C49H50N8O3/c1-6-7-28-44-43(47(59)51-48(50-34-55(3)4)56(44)35(2)31-45(58)60-5)33-36-29-30-41(37-20-12-8-13-21-37)42(32-36)46-52-53-54-57(46)49(38-22-14-9-15-23-38,39-24-16-10-17-25-39)40-26-18-11-19-27-40/h8-27,29-30,32,34-35H,6-7,28,31,33H2,1-5H3. The normalized spacial score (nSPS) is 12.1. The molecule has 7 rings (SSSR count). The number of carbonyl (C=O) groups excluding carboxylic acids is 1. The zero-order valence-corrected chi connectivity index (χ0v) is 34.8. The Morgan fingerprint density at radius 1 is 0.833 bits per heavy atom. The lowest BCUT2D eigenvalue weighted by Crippen LogP contribution is -2.39. The number of nitrogens with zero attached hydrogens (tertiary/aromatic N) is 8. The molecule has 0 amide bonds. The van der Waals surface area contributed by atoms with Gasteiger partial charge in [0.25, 0.3) is 5.56 Å². The summed E-state index contributed by atoms with van der Waals surface area (Å²) in [5.41, 5.74) is 6.56.